The molecule has 64 valence electrons. The van der Waals surface area contributed by atoms with Gasteiger partial charge in [-0.3, -0.25) is 4.79 Å². The molecule has 0 aromatic rings. The van der Waals surface area contributed by atoms with Gasteiger partial charge in [-0.25, -0.2) is 0 Å². The molecule has 0 amide bonds. The molecular weight excluding hydrogens is 140 g/mol. The minimum absolute atomic E-state index is 0.0938. The van der Waals surface area contributed by atoms with Crippen molar-refractivity contribution < 1.29 is 9.90 Å². The molecule has 0 heterocycles. The minimum atomic E-state index is -0.607. The maximum absolute atomic E-state index is 10.8. The molecule has 0 aliphatic heterocycles. The molecule has 1 aliphatic carbocycles. The average Bonchev–Trinajstić information content (AvgIpc) is 1.85. The van der Waals surface area contributed by atoms with E-state index in [2.05, 4.69) is 13.8 Å². The Morgan fingerprint density at radius 2 is 1.73 bits per heavy atom. The first-order chi connectivity index (χ1) is 5.13. The second-order valence-electron chi connectivity index (χ2n) is 3.75. The summed E-state index contributed by atoms with van der Waals surface area (Å²) in [5.41, 5.74) is 0. The van der Waals surface area contributed by atoms with Gasteiger partial charge in [-0.15, -0.1) is 0 Å². The van der Waals surface area contributed by atoms with Crippen LogP contribution in [0.5, 0.6) is 0 Å². The smallest absolute Gasteiger partial charge is 0.307 e. The molecule has 1 aliphatic rings. The van der Waals surface area contributed by atoms with E-state index in [1.165, 1.54) is 6.42 Å². The van der Waals surface area contributed by atoms with E-state index in [0.29, 0.717) is 11.8 Å². The second-order valence-corrected chi connectivity index (χ2v) is 3.75. The zero-order valence-corrected chi connectivity index (χ0v) is 7.21. The fourth-order valence-corrected chi connectivity index (χ4v) is 2.17. The van der Waals surface area contributed by atoms with E-state index in [1.807, 2.05) is 0 Å². The van der Waals surface area contributed by atoms with Crippen LogP contribution in [0.3, 0.4) is 0 Å². The molecule has 2 atom stereocenters. The van der Waals surface area contributed by atoms with Crippen LogP contribution in [0.2, 0.25) is 0 Å². The number of hydrogen-bond donors (Lipinski definition) is 1. The Bertz CT molecular complexity index is 144. The van der Waals surface area contributed by atoms with Gasteiger partial charge in [-0.05, 0) is 24.7 Å². The zero-order valence-electron chi connectivity index (χ0n) is 7.21. The first kappa shape index (κ1) is 8.57. The fourth-order valence-electron chi connectivity index (χ4n) is 2.17. The Morgan fingerprint density at radius 3 is 2.00 bits per heavy atom. The molecule has 0 spiro atoms. The summed E-state index contributed by atoms with van der Waals surface area (Å²) in [6.45, 7) is 4.10. The highest BCUT2D eigenvalue weighted by molar-refractivity contribution is 5.70. The van der Waals surface area contributed by atoms with Crippen LogP contribution in [0, 0.1) is 17.8 Å². The average molecular weight is 156 g/mol. The van der Waals surface area contributed by atoms with Crippen LogP contribution in [-0.4, -0.2) is 11.1 Å². The highest BCUT2D eigenvalue weighted by Crippen LogP contribution is 2.34. The number of carboxylic acids is 1. The molecule has 1 fully saturated rings. The molecular formula is C9H16O2. The lowest BCUT2D eigenvalue weighted by Gasteiger charge is -2.30. The van der Waals surface area contributed by atoms with Crippen molar-refractivity contribution in [3.8, 4) is 0 Å². The minimum Gasteiger partial charge on any atom is -0.481 e. The Kier molecular flexibility index (Phi) is 2.53. The van der Waals surface area contributed by atoms with Crippen LogP contribution in [0.15, 0.2) is 0 Å². The molecule has 2 nitrogen and oxygen atoms in total. The van der Waals surface area contributed by atoms with Crippen LogP contribution in [0.25, 0.3) is 0 Å². The predicted molar refractivity (Wildman–Crippen MR) is 43.3 cm³/mol. The molecule has 1 N–H and O–H groups in total. The topological polar surface area (TPSA) is 37.3 Å². The van der Waals surface area contributed by atoms with E-state index in [1.54, 1.807) is 0 Å². The molecule has 0 aromatic carbocycles. The Labute approximate surface area is 67.6 Å². The van der Waals surface area contributed by atoms with Gasteiger partial charge in [0.1, 0.15) is 0 Å². The second kappa shape index (κ2) is 3.24. The molecule has 0 radical (unpaired) electrons. The van der Waals surface area contributed by atoms with Crippen LogP contribution in [0.1, 0.15) is 33.1 Å². The van der Waals surface area contributed by atoms with Crippen LogP contribution < -0.4 is 0 Å². The zero-order chi connectivity index (χ0) is 8.43. The van der Waals surface area contributed by atoms with Gasteiger partial charge >= 0.3 is 5.97 Å². The normalized spacial score (nSPS) is 38.5. The molecule has 2 unspecified atom stereocenters. The maximum atomic E-state index is 10.8. The molecule has 0 aromatic heterocycles. The van der Waals surface area contributed by atoms with Crippen molar-refractivity contribution in [3.05, 3.63) is 0 Å². The maximum Gasteiger partial charge on any atom is 0.307 e. The van der Waals surface area contributed by atoms with E-state index in [9.17, 15) is 4.79 Å². The molecule has 0 bridgehead atoms. The van der Waals surface area contributed by atoms with Crippen molar-refractivity contribution in [3.63, 3.8) is 0 Å². The third-order valence-corrected chi connectivity index (χ3v) is 2.83. The molecule has 11 heavy (non-hydrogen) atoms. The van der Waals surface area contributed by atoms with Crippen LogP contribution in [-0.2, 0) is 4.79 Å². The van der Waals surface area contributed by atoms with E-state index >= 15 is 0 Å². The van der Waals surface area contributed by atoms with Gasteiger partial charge in [0, 0.05) is 0 Å². The summed E-state index contributed by atoms with van der Waals surface area (Å²) >= 11 is 0. The number of carboxylic acid groups (broad SMARTS) is 1. The standard InChI is InChI=1S/C9H16O2/c1-6-4-3-5-7(2)8(6)9(10)11/h6-8H,3-5H2,1-2H3,(H,10,11). The summed E-state index contributed by atoms with van der Waals surface area (Å²) in [6, 6.07) is 0. The monoisotopic (exact) mass is 156 g/mol. The van der Waals surface area contributed by atoms with Crippen LogP contribution >= 0.6 is 0 Å². The number of hydrogen-bond acceptors (Lipinski definition) is 1. The van der Waals surface area contributed by atoms with Gasteiger partial charge in [-0.2, -0.15) is 0 Å². The summed E-state index contributed by atoms with van der Waals surface area (Å²) in [5.74, 6) is 0.0425. The van der Waals surface area contributed by atoms with E-state index in [-0.39, 0.29) is 5.92 Å². The third-order valence-electron chi connectivity index (χ3n) is 2.83. The van der Waals surface area contributed by atoms with E-state index < -0.39 is 5.97 Å². The van der Waals surface area contributed by atoms with E-state index in [0.717, 1.165) is 12.8 Å². The molecule has 1 saturated carbocycles. The first-order valence-corrected chi connectivity index (χ1v) is 4.35. The van der Waals surface area contributed by atoms with Crippen molar-refractivity contribution in [1.82, 2.24) is 0 Å². The van der Waals surface area contributed by atoms with Gasteiger partial charge < -0.3 is 5.11 Å². The van der Waals surface area contributed by atoms with Crippen molar-refractivity contribution in [2.24, 2.45) is 17.8 Å². The number of aliphatic carboxylic acids is 1. The van der Waals surface area contributed by atoms with E-state index in [4.69, 9.17) is 5.11 Å². The van der Waals surface area contributed by atoms with Crippen LogP contribution in [0.4, 0.5) is 0 Å². The van der Waals surface area contributed by atoms with Gasteiger partial charge in [0.05, 0.1) is 5.92 Å². The Morgan fingerprint density at radius 1 is 1.27 bits per heavy atom. The van der Waals surface area contributed by atoms with Crippen molar-refractivity contribution in [1.29, 1.82) is 0 Å². The summed E-state index contributed by atoms with van der Waals surface area (Å²) < 4.78 is 0. The van der Waals surface area contributed by atoms with Crippen molar-refractivity contribution in [2.75, 3.05) is 0 Å². The summed E-state index contributed by atoms with van der Waals surface area (Å²) in [6.07, 6.45) is 3.37. The summed E-state index contributed by atoms with van der Waals surface area (Å²) in [4.78, 5) is 10.8. The first-order valence-electron chi connectivity index (χ1n) is 4.35. The number of rotatable bonds is 1. The largest absolute Gasteiger partial charge is 0.481 e. The van der Waals surface area contributed by atoms with Gasteiger partial charge in [0.15, 0.2) is 0 Å². The summed E-state index contributed by atoms with van der Waals surface area (Å²) in [5, 5.41) is 8.88. The third kappa shape index (κ3) is 1.73. The van der Waals surface area contributed by atoms with Gasteiger partial charge in [0.2, 0.25) is 0 Å². The van der Waals surface area contributed by atoms with Gasteiger partial charge in [0.25, 0.3) is 0 Å². The molecule has 1 rings (SSSR count). The summed E-state index contributed by atoms with van der Waals surface area (Å²) in [7, 11) is 0. The number of carbonyl (C=O) groups is 1. The molecule has 0 saturated heterocycles. The predicted octanol–water partition coefficient (Wildman–Crippen LogP) is 2.14. The molecule has 2 heteroatoms. The fraction of sp³-hybridized carbons (Fsp3) is 0.889. The Balaban J connectivity index is 2.62. The van der Waals surface area contributed by atoms with Gasteiger partial charge in [-0.1, -0.05) is 20.3 Å². The van der Waals surface area contributed by atoms with Crippen molar-refractivity contribution >= 4 is 5.97 Å². The highest BCUT2D eigenvalue weighted by atomic mass is 16.4. The quantitative estimate of drug-likeness (QED) is 0.631. The van der Waals surface area contributed by atoms with Crippen molar-refractivity contribution in [2.45, 2.75) is 33.1 Å². The SMILES string of the molecule is CC1CCCC(C)C1C(=O)O. The lowest BCUT2D eigenvalue weighted by molar-refractivity contribution is -0.146. The highest BCUT2D eigenvalue weighted by Gasteiger charge is 2.32. The lowest BCUT2D eigenvalue weighted by atomic mass is 9.74. The lowest BCUT2D eigenvalue weighted by Crippen LogP contribution is -2.31. The Hall–Kier alpha value is -0.530.